The van der Waals surface area contributed by atoms with Gasteiger partial charge < -0.3 is 10.0 Å². The highest BCUT2D eigenvalue weighted by Crippen LogP contribution is 2.32. The smallest absolute Gasteiger partial charge is 0.308 e. The van der Waals surface area contributed by atoms with E-state index in [4.69, 9.17) is 5.11 Å². The van der Waals surface area contributed by atoms with Crippen LogP contribution in [0.4, 0.5) is 11.4 Å². The van der Waals surface area contributed by atoms with E-state index in [0.717, 1.165) is 0 Å². The van der Waals surface area contributed by atoms with Crippen LogP contribution in [0.1, 0.15) is 12.0 Å². The molecule has 7 heteroatoms. The number of anilines is 1. The molecule has 0 radical (unpaired) electrons. The number of carboxylic acid groups (broad SMARTS) is 1. The van der Waals surface area contributed by atoms with E-state index < -0.39 is 16.8 Å². The lowest BCUT2D eigenvalue weighted by Crippen LogP contribution is -2.26. The molecule has 1 heterocycles. The zero-order chi connectivity index (χ0) is 14.2. The van der Waals surface area contributed by atoms with Gasteiger partial charge in [-0.05, 0) is 13.0 Å². The van der Waals surface area contributed by atoms with Gasteiger partial charge in [0.1, 0.15) is 0 Å². The van der Waals surface area contributed by atoms with Crippen LogP contribution in [0.3, 0.4) is 0 Å². The second-order valence-corrected chi connectivity index (χ2v) is 4.42. The van der Waals surface area contributed by atoms with Crippen LogP contribution in [0.25, 0.3) is 0 Å². The van der Waals surface area contributed by atoms with Crippen molar-refractivity contribution in [3.8, 4) is 0 Å². The first-order valence-corrected chi connectivity index (χ1v) is 5.69. The fourth-order valence-corrected chi connectivity index (χ4v) is 2.21. The van der Waals surface area contributed by atoms with Gasteiger partial charge in [0.15, 0.2) is 0 Å². The Balaban J connectivity index is 2.38. The second kappa shape index (κ2) is 4.68. The van der Waals surface area contributed by atoms with E-state index in [1.807, 2.05) is 0 Å². The number of rotatable bonds is 3. The van der Waals surface area contributed by atoms with E-state index >= 15 is 0 Å². The highest BCUT2D eigenvalue weighted by Gasteiger charge is 2.36. The molecule has 7 nitrogen and oxygen atoms in total. The summed E-state index contributed by atoms with van der Waals surface area (Å²) in [5.41, 5.74) is 0.693. The molecule has 1 atom stereocenters. The highest BCUT2D eigenvalue weighted by molar-refractivity contribution is 6.00. The topological polar surface area (TPSA) is 101 Å². The van der Waals surface area contributed by atoms with Gasteiger partial charge in [-0.2, -0.15) is 0 Å². The van der Waals surface area contributed by atoms with Crippen molar-refractivity contribution in [1.82, 2.24) is 0 Å². The molecule has 0 saturated carbocycles. The lowest BCUT2D eigenvalue weighted by atomic mass is 10.1. The monoisotopic (exact) mass is 264 g/mol. The summed E-state index contributed by atoms with van der Waals surface area (Å²) in [6, 6.07) is 4.43. The molecule has 1 aromatic rings. The number of hydrogen-bond donors (Lipinski definition) is 1. The summed E-state index contributed by atoms with van der Waals surface area (Å²) in [6.07, 6.45) is -0.0720. The van der Waals surface area contributed by atoms with E-state index in [0.29, 0.717) is 11.3 Å². The summed E-state index contributed by atoms with van der Waals surface area (Å²) in [5.74, 6) is -2.11. The number of benzene rings is 1. The predicted molar refractivity (Wildman–Crippen MR) is 65.9 cm³/mol. The maximum Gasteiger partial charge on any atom is 0.308 e. The van der Waals surface area contributed by atoms with Gasteiger partial charge in [-0.1, -0.05) is 6.07 Å². The molecule has 0 aromatic heterocycles. The summed E-state index contributed by atoms with van der Waals surface area (Å²) in [4.78, 5) is 34.4. The van der Waals surface area contributed by atoms with Crippen molar-refractivity contribution < 1.29 is 19.6 Å². The summed E-state index contributed by atoms with van der Waals surface area (Å²) < 4.78 is 0. The molecule has 1 N–H and O–H groups in total. The van der Waals surface area contributed by atoms with Gasteiger partial charge in [0, 0.05) is 19.0 Å². The van der Waals surface area contributed by atoms with Gasteiger partial charge >= 0.3 is 5.97 Å². The first kappa shape index (κ1) is 13.0. The Morgan fingerprint density at radius 2 is 2.21 bits per heavy atom. The minimum absolute atomic E-state index is 0.0518. The molecule has 1 fully saturated rings. The van der Waals surface area contributed by atoms with E-state index in [-0.39, 0.29) is 24.6 Å². The number of nitro groups is 1. The SMILES string of the molecule is Cc1c(N2CC(C(=O)O)CC2=O)cccc1[N+](=O)[O-]. The van der Waals surface area contributed by atoms with Gasteiger partial charge in [0.2, 0.25) is 5.91 Å². The van der Waals surface area contributed by atoms with Crippen molar-refractivity contribution in [2.45, 2.75) is 13.3 Å². The largest absolute Gasteiger partial charge is 0.481 e. The molecule has 1 aliphatic heterocycles. The molecular formula is C12H12N2O5. The summed E-state index contributed by atoms with van der Waals surface area (Å²) in [7, 11) is 0. The van der Waals surface area contributed by atoms with Crippen LogP contribution < -0.4 is 4.90 Å². The Morgan fingerprint density at radius 3 is 2.74 bits per heavy atom. The maximum atomic E-state index is 11.8. The van der Waals surface area contributed by atoms with Crippen molar-refractivity contribution in [3.05, 3.63) is 33.9 Å². The van der Waals surface area contributed by atoms with Crippen LogP contribution in [0.15, 0.2) is 18.2 Å². The van der Waals surface area contributed by atoms with Gasteiger partial charge in [-0.15, -0.1) is 0 Å². The molecule has 1 saturated heterocycles. The average molecular weight is 264 g/mol. The molecular weight excluding hydrogens is 252 g/mol. The number of carboxylic acids is 1. The van der Waals surface area contributed by atoms with E-state index in [9.17, 15) is 19.7 Å². The minimum Gasteiger partial charge on any atom is -0.481 e. The third-order valence-electron chi connectivity index (χ3n) is 3.24. The van der Waals surface area contributed by atoms with Crippen LogP contribution in [0.2, 0.25) is 0 Å². The molecule has 19 heavy (non-hydrogen) atoms. The van der Waals surface area contributed by atoms with Crippen LogP contribution in [-0.4, -0.2) is 28.5 Å². The number of hydrogen-bond acceptors (Lipinski definition) is 4. The van der Waals surface area contributed by atoms with E-state index in [1.54, 1.807) is 13.0 Å². The van der Waals surface area contributed by atoms with Crippen LogP contribution in [0.5, 0.6) is 0 Å². The van der Waals surface area contributed by atoms with Crippen molar-refractivity contribution in [3.63, 3.8) is 0 Å². The van der Waals surface area contributed by atoms with Gasteiger partial charge in [0.25, 0.3) is 5.69 Å². The van der Waals surface area contributed by atoms with E-state index in [2.05, 4.69) is 0 Å². The average Bonchev–Trinajstić information content (AvgIpc) is 2.71. The Morgan fingerprint density at radius 1 is 1.53 bits per heavy atom. The van der Waals surface area contributed by atoms with Crippen LogP contribution >= 0.6 is 0 Å². The molecule has 1 aliphatic rings. The van der Waals surface area contributed by atoms with Gasteiger partial charge in [-0.25, -0.2) is 0 Å². The van der Waals surface area contributed by atoms with Crippen molar-refractivity contribution >= 4 is 23.3 Å². The standard InChI is InChI=1S/C12H12N2O5/c1-7-9(3-2-4-10(7)14(18)19)13-6-8(12(16)17)5-11(13)15/h2-4,8H,5-6H2,1H3,(H,16,17). The predicted octanol–water partition coefficient (Wildman–Crippen LogP) is 1.34. The summed E-state index contributed by atoms with van der Waals surface area (Å²) >= 11 is 0. The van der Waals surface area contributed by atoms with Crippen molar-refractivity contribution in [2.24, 2.45) is 5.92 Å². The zero-order valence-electron chi connectivity index (χ0n) is 10.2. The van der Waals surface area contributed by atoms with E-state index in [1.165, 1.54) is 17.0 Å². The molecule has 1 aromatic carbocycles. The third-order valence-corrected chi connectivity index (χ3v) is 3.24. The number of carbonyl (C=O) groups is 2. The van der Waals surface area contributed by atoms with Crippen LogP contribution in [-0.2, 0) is 9.59 Å². The molecule has 1 unspecified atom stereocenters. The third kappa shape index (κ3) is 2.26. The quantitative estimate of drug-likeness (QED) is 0.655. The molecule has 100 valence electrons. The normalized spacial score (nSPS) is 18.7. The number of nitrogens with zero attached hydrogens (tertiary/aromatic N) is 2. The van der Waals surface area contributed by atoms with Gasteiger partial charge in [0.05, 0.1) is 22.1 Å². The lowest BCUT2D eigenvalue weighted by Gasteiger charge is -2.18. The van der Waals surface area contributed by atoms with Crippen molar-refractivity contribution in [1.29, 1.82) is 0 Å². The molecule has 0 bridgehead atoms. The fourth-order valence-electron chi connectivity index (χ4n) is 2.21. The fraction of sp³-hybridized carbons (Fsp3) is 0.333. The van der Waals surface area contributed by atoms with Crippen LogP contribution in [0, 0.1) is 23.0 Å². The highest BCUT2D eigenvalue weighted by atomic mass is 16.6. The first-order valence-electron chi connectivity index (χ1n) is 5.69. The Hall–Kier alpha value is -2.44. The Labute approximate surface area is 108 Å². The Bertz CT molecular complexity index is 569. The summed E-state index contributed by atoms with van der Waals surface area (Å²) in [5, 5.41) is 19.8. The van der Waals surface area contributed by atoms with Gasteiger partial charge in [-0.3, -0.25) is 19.7 Å². The maximum absolute atomic E-state index is 11.8. The second-order valence-electron chi connectivity index (χ2n) is 4.42. The molecule has 1 amide bonds. The number of carbonyl (C=O) groups excluding carboxylic acids is 1. The molecule has 0 aliphatic carbocycles. The molecule has 2 rings (SSSR count). The molecule has 0 spiro atoms. The number of aliphatic carboxylic acids is 1. The number of amides is 1. The lowest BCUT2D eigenvalue weighted by molar-refractivity contribution is -0.385. The number of nitro benzene ring substituents is 1. The van der Waals surface area contributed by atoms with Crippen molar-refractivity contribution in [2.75, 3.05) is 11.4 Å². The summed E-state index contributed by atoms with van der Waals surface area (Å²) in [6.45, 7) is 1.60. The minimum atomic E-state index is -1.03. The zero-order valence-corrected chi connectivity index (χ0v) is 10.2. The first-order chi connectivity index (χ1) is 8.91. The Kier molecular flexibility index (Phi) is 3.20.